The molecule has 26 heavy (non-hydrogen) atoms. The number of hydrogen-bond donors (Lipinski definition) is 1. The zero-order valence-electron chi connectivity index (χ0n) is 16.0. The number of likely N-dealkylation sites (tertiary alicyclic amines) is 1. The average molecular weight is 360 g/mol. The number of aryl methyl sites for hydroxylation is 2. The maximum absolute atomic E-state index is 12.3. The van der Waals surface area contributed by atoms with Crippen LogP contribution in [0, 0.1) is 13.8 Å². The van der Waals surface area contributed by atoms with E-state index in [1.165, 1.54) is 0 Å². The summed E-state index contributed by atoms with van der Waals surface area (Å²) in [6, 6.07) is 5.81. The number of rotatable bonds is 5. The van der Waals surface area contributed by atoms with Gasteiger partial charge in [-0.3, -0.25) is 14.4 Å². The Morgan fingerprint density at radius 2 is 1.65 bits per heavy atom. The molecular formula is C20H28N2O4. The summed E-state index contributed by atoms with van der Waals surface area (Å²) in [5, 5.41) is 2.54. The lowest BCUT2D eigenvalue weighted by Crippen LogP contribution is -2.49. The Labute approximate surface area is 154 Å². The van der Waals surface area contributed by atoms with Crippen molar-refractivity contribution < 1.29 is 19.1 Å². The van der Waals surface area contributed by atoms with Crippen LogP contribution >= 0.6 is 0 Å². The predicted molar refractivity (Wildman–Crippen MR) is 98.8 cm³/mol. The molecule has 0 unspecified atom stereocenters. The maximum atomic E-state index is 12.3. The number of esters is 1. The minimum atomic E-state index is -0.617. The van der Waals surface area contributed by atoms with Gasteiger partial charge in [-0.25, -0.2) is 0 Å². The predicted octanol–water partition coefficient (Wildman–Crippen LogP) is 2.37. The van der Waals surface area contributed by atoms with Crippen LogP contribution in [0.4, 0.5) is 0 Å². The molecule has 0 aromatic heterocycles. The van der Waals surface area contributed by atoms with E-state index in [1.54, 1.807) is 17.0 Å². The highest BCUT2D eigenvalue weighted by Crippen LogP contribution is 2.22. The van der Waals surface area contributed by atoms with E-state index in [-0.39, 0.29) is 37.0 Å². The van der Waals surface area contributed by atoms with Gasteiger partial charge in [-0.15, -0.1) is 0 Å². The molecule has 2 atom stereocenters. The first-order valence-corrected chi connectivity index (χ1v) is 9.11. The van der Waals surface area contributed by atoms with Crippen LogP contribution in [0.1, 0.15) is 54.6 Å². The van der Waals surface area contributed by atoms with Gasteiger partial charge in [0.05, 0.1) is 0 Å². The second-order valence-electron chi connectivity index (χ2n) is 7.15. The third-order valence-electron chi connectivity index (χ3n) is 4.72. The topological polar surface area (TPSA) is 75.7 Å². The van der Waals surface area contributed by atoms with Gasteiger partial charge >= 0.3 is 5.97 Å². The van der Waals surface area contributed by atoms with E-state index in [2.05, 4.69) is 5.32 Å². The molecule has 1 heterocycles. The van der Waals surface area contributed by atoms with Gasteiger partial charge < -0.3 is 15.0 Å². The first kappa shape index (κ1) is 19.9. The molecule has 1 N–H and O–H groups in total. The fraction of sp³-hybridized carbons (Fsp3) is 0.550. The zero-order chi connectivity index (χ0) is 19.3. The van der Waals surface area contributed by atoms with Gasteiger partial charge in [-0.05, 0) is 59.1 Å². The first-order valence-electron chi connectivity index (χ1n) is 9.11. The van der Waals surface area contributed by atoms with Gasteiger partial charge in [-0.2, -0.15) is 0 Å². The fourth-order valence-electron chi connectivity index (χ4n) is 3.54. The second kappa shape index (κ2) is 8.83. The molecule has 1 aromatic carbocycles. The first-order chi connectivity index (χ1) is 12.3. The molecule has 1 aromatic rings. The van der Waals surface area contributed by atoms with Gasteiger partial charge in [0.2, 0.25) is 0 Å². The molecule has 6 heteroatoms. The Kier molecular flexibility index (Phi) is 6.77. The average Bonchev–Trinajstić information content (AvgIpc) is 2.56. The van der Waals surface area contributed by atoms with Gasteiger partial charge in [-0.1, -0.05) is 17.2 Å². The van der Waals surface area contributed by atoms with Crippen LogP contribution in [0.5, 0.6) is 0 Å². The summed E-state index contributed by atoms with van der Waals surface area (Å²) >= 11 is 0. The lowest BCUT2D eigenvalue weighted by molar-refractivity contribution is -0.154. The highest BCUT2D eigenvalue weighted by molar-refractivity contribution is 5.96. The summed E-state index contributed by atoms with van der Waals surface area (Å²) in [6.07, 6.45) is 3.04. The van der Waals surface area contributed by atoms with E-state index in [9.17, 15) is 14.4 Å². The monoisotopic (exact) mass is 360 g/mol. The van der Waals surface area contributed by atoms with Crippen molar-refractivity contribution in [3.8, 4) is 0 Å². The number of benzene rings is 1. The molecule has 1 aliphatic heterocycles. The summed E-state index contributed by atoms with van der Waals surface area (Å²) in [5.74, 6) is -1.13. The largest absolute Gasteiger partial charge is 0.454 e. The van der Waals surface area contributed by atoms with Crippen molar-refractivity contribution >= 4 is 17.8 Å². The Hall–Kier alpha value is -2.37. The third-order valence-corrected chi connectivity index (χ3v) is 4.72. The third kappa shape index (κ3) is 5.31. The van der Waals surface area contributed by atoms with Crippen molar-refractivity contribution in [3.05, 3.63) is 34.9 Å². The minimum Gasteiger partial charge on any atom is -0.454 e. The summed E-state index contributed by atoms with van der Waals surface area (Å²) in [6.45, 7) is 7.30. The van der Waals surface area contributed by atoms with Crippen LogP contribution in [0.25, 0.3) is 0 Å². The van der Waals surface area contributed by atoms with Crippen molar-refractivity contribution in [2.75, 3.05) is 13.2 Å². The summed E-state index contributed by atoms with van der Waals surface area (Å²) < 4.78 is 5.04. The molecule has 142 valence electrons. The quantitative estimate of drug-likeness (QED) is 0.818. The van der Waals surface area contributed by atoms with Crippen molar-refractivity contribution in [1.82, 2.24) is 10.2 Å². The molecule has 1 aliphatic rings. The zero-order valence-corrected chi connectivity index (χ0v) is 16.0. The summed E-state index contributed by atoms with van der Waals surface area (Å²) in [7, 11) is 0. The van der Waals surface area contributed by atoms with Crippen molar-refractivity contribution in [1.29, 1.82) is 0 Å². The molecule has 0 bridgehead atoms. The molecule has 2 amide bonds. The van der Waals surface area contributed by atoms with Crippen LogP contribution in [0.15, 0.2) is 18.2 Å². The molecule has 1 fully saturated rings. The molecule has 0 spiro atoms. The standard InChI is InChI=1S/C20H28N2O4/c1-13-8-14(2)10-17(9-13)20(25)21-11-19(24)26-12-18(23)22-15(3)6-5-7-16(22)4/h8-10,15-16H,5-7,11-12H2,1-4H3,(H,21,25)/t15-,16-/m0/s1. The van der Waals surface area contributed by atoms with Crippen molar-refractivity contribution in [3.63, 3.8) is 0 Å². The van der Waals surface area contributed by atoms with Crippen LogP contribution < -0.4 is 5.32 Å². The number of nitrogens with one attached hydrogen (secondary N) is 1. The molecular weight excluding hydrogens is 332 g/mol. The number of nitrogens with zero attached hydrogens (tertiary/aromatic N) is 1. The van der Waals surface area contributed by atoms with Crippen molar-refractivity contribution in [2.45, 2.75) is 59.0 Å². The lowest BCUT2D eigenvalue weighted by Gasteiger charge is -2.38. The minimum absolute atomic E-state index is 0.161. The molecule has 0 aliphatic carbocycles. The summed E-state index contributed by atoms with van der Waals surface area (Å²) in [4.78, 5) is 38.1. The van der Waals surface area contributed by atoms with E-state index in [0.29, 0.717) is 5.56 Å². The van der Waals surface area contributed by atoms with Crippen LogP contribution in [-0.4, -0.2) is 47.9 Å². The second-order valence-corrected chi connectivity index (χ2v) is 7.15. The van der Waals surface area contributed by atoms with Gasteiger partial charge in [0.15, 0.2) is 6.61 Å². The van der Waals surface area contributed by atoms with Crippen LogP contribution in [0.3, 0.4) is 0 Å². The maximum Gasteiger partial charge on any atom is 0.325 e. The molecule has 0 radical (unpaired) electrons. The fourth-order valence-corrected chi connectivity index (χ4v) is 3.54. The Balaban J connectivity index is 1.79. The van der Waals surface area contributed by atoms with E-state index in [4.69, 9.17) is 4.74 Å². The number of hydrogen-bond acceptors (Lipinski definition) is 4. The lowest BCUT2D eigenvalue weighted by atomic mass is 9.97. The van der Waals surface area contributed by atoms with Gasteiger partial charge in [0.1, 0.15) is 6.54 Å². The highest BCUT2D eigenvalue weighted by atomic mass is 16.5. The highest BCUT2D eigenvalue weighted by Gasteiger charge is 2.29. The number of carbonyl (C=O) groups is 3. The van der Waals surface area contributed by atoms with E-state index in [1.807, 2.05) is 33.8 Å². The Bertz CT molecular complexity index is 656. The Morgan fingerprint density at radius 3 is 2.23 bits per heavy atom. The van der Waals surface area contributed by atoms with E-state index in [0.717, 1.165) is 30.4 Å². The SMILES string of the molecule is Cc1cc(C)cc(C(=O)NCC(=O)OCC(=O)N2[C@@H](C)CCC[C@@H]2C)c1. The molecule has 6 nitrogen and oxygen atoms in total. The number of ether oxygens (including phenoxy) is 1. The number of carbonyl (C=O) groups excluding carboxylic acids is 3. The molecule has 1 saturated heterocycles. The summed E-state index contributed by atoms with van der Waals surface area (Å²) in [5.41, 5.74) is 2.46. The van der Waals surface area contributed by atoms with E-state index < -0.39 is 5.97 Å². The number of piperidine rings is 1. The molecule has 0 saturated carbocycles. The van der Waals surface area contributed by atoms with Crippen LogP contribution in [-0.2, 0) is 14.3 Å². The van der Waals surface area contributed by atoms with Gasteiger partial charge in [0, 0.05) is 17.6 Å². The normalized spacial score (nSPS) is 19.8. The Morgan fingerprint density at radius 1 is 1.08 bits per heavy atom. The van der Waals surface area contributed by atoms with Crippen molar-refractivity contribution in [2.24, 2.45) is 0 Å². The molecule has 2 rings (SSSR count). The smallest absolute Gasteiger partial charge is 0.325 e. The number of amides is 2. The van der Waals surface area contributed by atoms with Gasteiger partial charge in [0.25, 0.3) is 11.8 Å². The van der Waals surface area contributed by atoms with E-state index >= 15 is 0 Å². The van der Waals surface area contributed by atoms with Crippen LogP contribution in [0.2, 0.25) is 0 Å².